The Morgan fingerprint density at radius 3 is 2.63 bits per heavy atom. The van der Waals surface area contributed by atoms with E-state index in [1.165, 1.54) is 13.2 Å². The van der Waals surface area contributed by atoms with E-state index in [9.17, 15) is 13.2 Å². The standard InChI is InChI=1S/C10H14ClNO5S2/c1-7-5-9(18-10(7)11)19(15,16)12(3-4-17-2)6-8(13)14/h5H,3-4,6H2,1-2H3,(H,13,14). The Bertz CT molecular complexity index is 535. The van der Waals surface area contributed by atoms with Gasteiger partial charge in [-0.15, -0.1) is 11.3 Å². The molecule has 0 amide bonds. The number of ether oxygens (including phenoxy) is 1. The number of sulfonamides is 1. The van der Waals surface area contributed by atoms with E-state index in [1.807, 2.05) is 0 Å². The highest BCUT2D eigenvalue weighted by molar-refractivity contribution is 7.91. The van der Waals surface area contributed by atoms with Crippen LogP contribution in [-0.2, 0) is 19.6 Å². The van der Waals surface area contributed by atoms with Crippen molar-refractivity contribution in [1.82, 2.24) is 4.31 Å². The first-order chi connectivity index (χ1) is 8.78. The number of halogens is 1. The van der Waals surface area contributed by atoms with Gasteiger partial charge in [-0.25, -0.2) is 8.42 Å². The highest BCUT2D eigenvalue weighted by Gasteiger charge is 2.28. The van der Waals surface area contributed by atoms with Gasteiger partial charge in [0.15, 0.2) is 0 Å². The lowest BCUT2D eigenvalue weighted by Crippen LogP contribution is -2.37. The van der Waals surface area contributed by atoms with Gasteiger partial charge in [-0.05, 0) is 18.6 Å². The molecule has 1 heterocycles. The Balaban J connectivity index is 3.07. The van der Waals surface area contributed by atoms with Gasteiger partial charge < -0.3 is 9.84 Å². The Morgan fingerprint density at radius 1 is 1.58 bits per heavy atom. The van der Waals surface area contributed by atoms with Crippen molar-refractivity contribution in [2.45, 2.75) is 11.1 Å². The van der Waals surface area contributed by atoms with Crippen LogP contribution in [-0.4, -0.2) is 50.6 Å². The molecule has 108 valence electrons. The van der Waals surface area contributed by atoms with Crippen LogP contribution in [0.25, 0.3) is 0 Å². The van der Waals surface area contributed by atoms with Gasteiger partial charge in [0.05, 0.1) is 10.9 Å². The van der Waals surface area contributed by atoms with Crippen LogP contribution < -0.4 is 0 Å². The zero-order valence-electron chi connectivity index (χ0n) is 10.4. The lowest BCUT2D eigenvalue weighted by Gasteiger charge is -2.18. The highest BCUT2D eigenvalue weighted by atomic mass is 35.5. The predicted molar refractivity (Wildman–Crippen MR) is 72.3 cm³/mol. The molecule has 0 fully saturated rings. The second kappa shape index (κ2) is 6.67. The zero-order valence-corrected chi connectivity index (χ0v) is 12.8. The number of hydrogen-bond donors (Lipinski definition) is 1. The molecule has 0 unspecified atom stereocenters. The quantitative estimate of drug-likeness (QED) is 0.819. The maximum absolute atomic E-state index is 12.3. The topological polar surface area (TPSA) is 83.9 Å². The number of carboxylic acid groups (broad SMARTS) is 1. The molecule has 0 bridgehead atoms. The molecule has 0 saturated heterocycles. The number of carboxylic acids is 1. The van der Waals surface area contributed by atoms with Crippen molar-refractivity contribution in [1.29, 1.82) is 0 Å². The zero-order chi connectivity index (χ0) is 14.6. The van der Waals surface area contributed by atoms with E-state index in [0.717, 1.165) is 15.6 Å². The van der Waals surface area contributed by atoms with Crippen molar-refractivity contribution in [2.24, 2.45) is 0 Å². The Morgan fingerprint density at radius 2 is 2.21 bits per heavy atom. The van der Waals surface area contributed by atoms with Gasteiger partial charge in [0.25, 0.3) is 10.0 Å². The molecule has 0 atom stereocenters. The summed E-state index contributed by atoms with van der Waals surface area (Å²) in [6.45, 7) is 1.17. The second-order valence-corrected chi connectivity index (χ2v) is 7.57. The normalized spacial score (nSPS) is 12.0. The Labute approximate surface area is 120 Å². The molecule has 0 radical (unpaired) electrons. The SMILES string of the molecule is COCCN(CC(=O)O)S(=O)(=O)c1cc(C)c(Cl)s1. The van der Waals surface area contributed by atoms with E-state index in [0.29, 0.717) is 9.90 Å². The fraction of sp³-hybridized carbons (Fsp3) is 0.500. The Hall–Kier alpha value is -0.670. The summed E-state index contributed by atoms with van der Waals surface area (Å²) in [5, 5.41) is 8.78. The van der Waals surface area contributed by atoms with E-state index < -0.39 is 22.5 Å². The van der Waals surface area contributed by atoms with E-state index in [4.69, 9.17) is 21.4 Å². The number of rotatable bonds is 7. The molecule has 1 aromatic rings. The van der Waals surface area contributed by atoms with Gasteiger partial charge in [-0.1, -0.05) is 11.6 Å². The number of nitrogens with zero attached hydrogens (tertiary/aromatic N) is 1. The van der Waals surface area contributed by atoms with E-state index in [1.54, 1.807) is 6.92 Å². The first-order valence-corrected chi connectivity index (χ1v) is 7.89. The van der Waals surface area contributed by atoms with Crippen molar-refractivity contribution in [3.8, 4) is 0 Å². The van der Waals surface area contributed by atoms with E-state index in [2.05, 4.69) is 0 Å². The van der Waals surface area contributed by atoms with Gasteiger partial charge in [0.2, 0.25) is 0 Å². The highest BCUT2D eigenvalue weighted by Crippen LogP contribution is 2.31. The Kier molecular flexibility index (Phi) is 5.75. The summed E-state index contributed by atoms with van der Waals surface area (Å²) in [5.41, 5.74) is 0.646. The van der Waals surface area contributed by atoms with Crippen molar-refractivity contribution in [2.75, 3.05) is 26.8 Å². The molecule has 0 aliphatic heterocycles. The molecule has 1 rings (SSSR count). The molecular formula is C10H14ClNO5S2. The minimum absolute atomic E-state index is 0.0281. The van der Waals surface area contributed by atoms with Gasteiger partial charge >= 0.3 is 5.97 Å². The van der Waals surface area contributed by atoms with Crippen molar-refractivity contribution in [3.63, 3.8) is 0 Å². The van der Waals surface area contributed by atoms with Crippen molar-refractivity contribution < 1.29 is 23.1 Å². The summed E-state index contributed by atoms with van der Waals surface area (Å²) in [7, 11) is -2.45. The fourth-order valence-corrected chi connectivity index (χ4v) is 4.55. The van der Waals surface area contributed by atoms with Crippen LogP contribution in [0.2, 0.25) is 4.34 Å². The molecule has 1 N–H and O–H groups in total. The first-order valence-electron chi connectivity index (χ1n) is 5.26. The first kappa shape index (κ1) is 16.4. The van der Waals surface area contributed by atoms with E-state index in [-0.39, 0.29) is 17.4 Å². The van der Waals surface area contributed by atoms with Crippen LogP contribution in [0.1, 0.15) is 5.56 Å². The summed E-state index contributed by atoms with van der Waals surface area (Å²) in [6.07, 6.45) is 0. The van der Waals surface area contributed by atoms with Crippen LogP contribution in [0, 0.1) is 6.92 Å². The molecule has 0 aliphatic rings. The lowest BCUT2D eigenvalue weighted by atomic mass is 10.4. The summed E-state index contributed by atoms with van der Waals surface area (Å²) >= 11 is 6.76. The van der Waals surface area contributed by atoms with Crippen LogP contribution in [0.5, 0.6) is 0 Å². The van der Waals surface area contributed by atoms with Crippen molar-refractivity contribution in [3.05, 3.63) is 16.0 Å². The third-order valence-electron chi connectivity index (χ3n) is 2.29. The molecule has 6 nitrogen and oxygen atoms in total. The van der Waals surface area contributed by atoms with Gasteiger partial charge in [0.1, 0.15) is 10.8 Å². The largest absolute Gasteiger partial charge is 0.480 e. The maximum Gasteiger partial charge on any atom is 0.318 e. The van der Waals surface area contributed by atoms with Crippen LogP contribution in [0.4, 0.5) is 0 Å². The molecule has 1 aromatic heterocycles. The predicted octanol–water partition coefficient (Wildman–Crippen LogP) is 1.43. The maximum atomic E-state index is 12.3. The third kappa shape index (κ3) is 4.15. The van der Waals surface area contributed by atoms with Crippen LogP contribution in [0.3, 0.4) is 0 Å². The fourth-order valence-electron chi connectivity index (χ4n) is 1.31. The number of methoxy groups -OCH3 is 1. The number of carbonyl (C=O) groups is 1. The van der Waals surface area contributed by atoms with E-state index >= 15 is 0 Å². The molecule has 0 aliphatic carbocycles. The molecule has 0 spiro atoms. The minimum Gasteiger partial charge on any atom is -0.480 e. The monoisotopic (exact) mass is 327 g/mol. The summed E-state index contributed by atoms with van der Waals surface area (Å²) in [6, 6.07) is 1.43. The van der Waals surface area contributed by atoms with Gasteiger partial charge in [-0.2, -0.15) is 4.31 Å². The van der Waals surface area contributed by atoms with Crippen LogP contribution >= 0.6 is 22.9 Å². The van der Waals surface area contributed by atoms with Crippen molar-refractivity contribution >= 4 is 38.9 Å². The number of thiophene rings is 1. The minimum atomic E-state index is -3.86. The third-order valence-corrected chi connectivity index (χ3v) is 6.13. The average molecular weight is 328 g/mol. The van der Waals surface area contributed by atoms with Gasteiger partial charge in [0, 0.05) is 13.7 Å². The number of hydrogen-bond acceptors (Lipinski definition) is 5. The second-order valence-electron chi connectivity index (χ2n) is 3.75. The summed E-state index contributed by atoms with van der Waals surface area (Å²) in [5.74, 6) is -1.22. The number of aliphatic carboxylic acids is 1. The molecular weight excluding hydrogens is 314 g/mol. The molecule has 9 heteroatoms. The molecule has 19 heavy (non-hydrogen) atoms. The van der Waals surface area contributed by atoms with Gasteiger partial charge in [-0.3, -0.25) is 4.79 Å². The molecule has 0 aromatic carbocycles. The molecule has 0 saturated carbocycles. The average Bonchev–Trinajstić information content (AvgIpc) is 2.65. The summed E-state index contributed by atoms with van der Waals surface area (Å²) in [4.78, 5) is 10.8. The lowest BCUT2D eigenvalue weighted by molar-refractivity contribution is -0.137. The van der Waals surface area contributed by atoms with Crippen LogP contribution in [0.15, 0.2) is 10.3 Å². The smallest absolute Gasteiger partial charge is 0.318 e. The number of aryl methyl sites for hydroxylation is 1. The summed E-state index contributed by atoms with van der Waals surface area (Å²) < 4.78 is 30.7.